The average Bonchev–Trinajstić information content (AvgIpc) is 2.53. The summed E-state index contributed by atoms with van der Waals surface area (Å²) >= 11 is 0. The van der Waals surface area contributed by atoms with Gasteiger partial charge in [-0.1, -0.05) is 6.07 Å². The van der Waals surface area contributed by atoms with Crippen molar-refractivity contribution < 1.29 is 13.6 Å². The minimum atomic E-state index is -2.40. The number of anilines is 2. The van der Waals surface area contributed by atoms with E-state index >= 15 is 0 Å². The summed E-state index contributed by atoms with van der Waals surface area (Å²) in [6.07, 6.45) is -2.40. The van der Waals surface area contributed by atoms with E-state index in [2.05, 4.69) is 5.32 Å². The van der Waals surface area contributed by atoms with Gasteiger partial charge >= 0.3 is 0 Å². The van der Waals surface area contributed by atoms with Crippen LogP contribution in [0.5, 0.6) is 0 Å². The Morgan fingerprint density at radius 2 is 2.24 bits per heavy atom. The maximum atomic E-state index is 12.2. The molecule has 1 unspecified atom stereocenters. The summed E-state index contributed by atoms with van der Waals surface area (Å²) in [5.74, 6) is -0.270. The Hall–Kier alpha value is -1.69. The van der Waals surface area contributed by atoms with Crippen molar-refractivity contribution in [2.24, 2.45) is 5.73 Å². The van der Waals surface area contributed by atoms with Crippen molar-refractivity contribution in [3.05, 3.63) is 23.8 Å². The molecule has 1 amide bonds. The predicted molar refractivity (Wildman–Crippen MR) is 61.3 cm³/mol. The number of carbonyl (C=O) groups is 1. The maximum Gasteiger partial charge on any atom is 0.255 e. The van der Waals surface area contributed by atoms with E-state index in [-0.39, 0.29) is 12.5 Å². The van der Waals surface area contributed by atoms with Gasteiger partial charge in [-0.2, -0.15) is 0 Å². The van der Waals surface area contributed by atoms with Crippen LogP contribution in [0, 0.1) is 0 Å². The molecule has 1 aromatic carbocycles. The van der Waals surface area contributed by atoms with Crippen LogP contribution in [-0.4, -0.2) is 25.9 Å². The van der Waals surface area contributed by atoms with E-state index in [0.29, 0.717) is 16.9 Å². The number of carbonyl (C=O) groups excluding carboxylic acids is 1. The standard InChI is InChI=1S/C11H13F2N3O/c1-16(5-9(12)13)6-2-3-7-8(4-6)15-11(17)10(7)14/h2-4,9-10H,5,14H2,1H3,(H,15,17). The summed E-state index contributed by atoms with van der Waals surface area (Å²) in [6, 6.07) is 4.36. The number of halogens is 2. The van der Waals surface area contributed by atoms with Crippen LogP contribution in [0.1, 0.15) is 11.6 Å². The van der Waals surface area contributed by atoms with Crippen molar-refractivity contribution in [1.82, 2.24) is 0 Å². The summed E-state index contributed by atoms with van der Waals surface area (Å²) in [5.41, 5.74) is 7.57. The molecule has 0 saturated heterocycles. The summed E-state index contributed by atoms with van der Waals surface area (Å²) < 4.78 is 24.5. The lowest BCUT2D eigenvalue weighted by Gasteiger charge is -2.19. The van der Waals surface area contributed by atoms with Crippen LogP contribution >= 0.6 is 0 Å². The van der Waals surface area contributed by atoms with Gasteiger partial charge in [0, 0.05) is 24.0 Å². The van der Waals surface area contributed by atoms with E-state index in [9.17, 15) is 13.6 Å². The molecule has 2 rings (SSSR count). The molecule has 0 bridgehead atoms. The maximum absolute atomic E-state index is 12.2. The first-order valence-corrected chi connectivity index (χ1v) is 5.18. The first-order chi connectivity index (χ1) is 7.99. The number of nitrogens with two attached hydrogens (primary N) is 1. The van der Waals surface area contributed by atoms with Crippen LogP contribution in [0.25, 0.3) is 0 Å². The van der Waals surface area contributed by atoms with E-state index in [0.717, 1.165) is 0 Å². The van der Waals surface area contributed by atoms with Crippen molar-refractivity contribution in [2.75, 3.05) is 23.8 Å². The Balaban J connectivity index is 2.24. The van der Waals surface area contributed by atoms with Crippen LogP contribution in [0.3, 0.4) is 0 Å². The Bertz CT molecular complexity index is 450. The topological polar surface area (TPSA) is 58.4 Å². The molecule has 0 radical (unpaired) electrons. The lowest BCUT2D eigenvalue weighted by atomic mass is 10.1. The van der Waals surface area contributed by atoms with Gasteiger partial charge in [0.2, 0.25) is 5.91 Å². The Labute approximate surface area is 97.4 Å². The minimum Gasteiger partial charge on any atom is -0.369 e. The third kappa shape index (κ3) is 2.21. The van der Waals surface area contributed by atoms with Gasteiger partial charge in [0.15, 0.2) is 0 Å². The second-order valence-corrected chi connectivity index (χ2v) is 4.01. The zero-order valence-corrected chi connectivity index (χ0v) is 9.28. The Kier molecular flexibility index (Phi) is 2.97. The van der Waals surface area contributed by atoms with E-state index in [1.807, 2.05) is 0 Å². The molecule has 0 spiro atoms. The van der Waals surface area contributed by atoms with Gasteiger partial charge < -0.3 is 16.0 Å². The number of rotatable bonds is 3. The van der Waals surface area contributed by atoms with Crippen molar-refractivity contribution >= 4 is 17.3 Å². The SMILES string of the molecule is CN(CC(F)F)c1ccc2c(c1)NC(=O)C2N. The van der Waals surface area contributed by atoms with Gasteiger partial charge in [0.25, 0.3) is 6.43 Å². The van der Waals surface area contributed by atoms with Gasteiger partial charge in [-0.05, 0) is 12.1 Å². The van der Waals surface area contributed by atoms with E-state index < -0.39 is 12.5 Å². The first-order valence-electron chi connectivity index (χ1n) is 5.18. The largest absolute Gasteiger partial charge is 0.369 e. The number of nitrogens with zero attached hydrogens (tertiary/aromatic N) is 1. The second-order valence-electron chi connectivity index (χ2n) is 4.01. The van der Waals surface area contributed by atoms with Crippen molar-refractivity contribution in [3.63, 3.8) is 0 Å². The van der Waals surface area contributed by atoms with E-state index in [1.165, 1.54) is 4.90 Å². The Morgan fingerprint density at radius 1 is 1.53 bits per heavy atom. The zero-order valence-electron chi connectivity index (χ0n) is 9.28. The molecule has 17 heavy (non-hydrogen) atoms. The van der Waals surface area contributed by atoms with Gasteiger partial charge in [-0.3, -0.25) is 4.79 Å². The minimum absolute atomic E-state index is 0.270. The van der Waals surface area contributed by atoms with Crippen LogP contribution in [-0.2, 0) is 4.79 Å². The molecular weight excluding hydrogens is 228 g/mol. The van der Waals surface area contributed by atoms with Gasteiger partial charge in [-0.15, -0.1) is 0 Å². The van der Waals surface area contributed by atoms with Crippen LogP contribution < -0.4 is 16.0 Å². The van der Waals surface area contributed by atoms with Crippen LogP contribution in [0.15, 0.2) is 18.2 Å². The summed E-state index contributed by atoms with van der Waals surface area (Å²) in [6.45, 7) is -0.348. The number of alkyl halides is 2. The second kappa shape index (κ2) is 4.29. The molecule has 1 aromatic rings. The number of fused-ring (bicyclic) bond motifs is 1. The molecule has 4 nitrogen and oxygen atoms in total. The lowest BCUT2D eigenvalue weighted by molar-refractivity contribution is -0.116. The first kappa shape index (κ1) is 11.8. The van der Waals surface area contributed by atoms with E-state index in [1.54, 1.807) is 25.2 Å². The molecule has 1 atom stereocenters. The molecule has 0 fully saturated rings. The highest BCUT2D eigenvalue weighted by Gasteiger charge is 2.27. The molecule has 1 heterocycles. The number of hydrogen-bond donors (Lipinski definition) is 2. The summed E-state index contributed by atoms with van der Waals surface area (Å²) in [4.78, 5) is 12.8. The molecule has 6 heteroatoms. The lowest BCUT2D eigenvalue weighted by Crippen LogP contribution is -2.23. The molecule has 92 valence electrons. The van der Waals surface area contributed by atoms with E-state index in [4.69, 9.17) is 5.73 Å². The molecule has 0 aliphatic carbocycles. The van der Waals surface area contributed by atoms with Gasteiger partial charge in [0.1, 0.15) is 6.04 Å². The van der Waals surface area contributed by atoms with Gasteiger partial charge in [-0.25, -0.2) is 8.78 Å². The Morgan fingerprint density at radius 3 is 2.88 bits per heavy atom. The number of nitrogens with one attached hydrogen (secondary N) is 1. The number of amides is 1. The van der Waals surface area contributed by atoms with Crippen LogP contribution in [0.4, 0.5) is 20.2 Å². The fraction of sp³-hybridized carbons (Fsp3) is 0.364. The summed E-state index contributed by atoms with van der Waals surface area (Å²) in [7, 11) is 1.57. The molecular formula is C11H13F2N3O. The highest BCUT2D eigenvalue weighted by atomic mass is 19.3. The highest BCUT2D eigenvalue weighted by Crippen LogP contribution is 2.32. The third-order valence-electron chi connectivity index (χ3n) is 2.76. The molecule has 0 aromatic heterocycles. The molecule has 0 saturated carbocycles. The van der Waals surface area contributed by atoms with Crippen LogP contribution in [0.2, 0.25) is 0 Å². The smallest absolute Gasteiger partial charge is 0.255 e. The molecule has 1 aliphatic heterocycles. The van der Waals surface area contributed by atoms with Gasteiger partial charge in [0.05, 0.1) is 6.54 Å². The molecule has 1 aliphatic rings. The summed E-state index contributed by atoms with van der Waals surface area (Å²) in [5, 5.41) is 2.62. The number of hydrogen-bond acceptors (Lipinski definition) is 3. The van der Waals surface area contributed by atoms with Crippen molar-refractivity contribution in [1.29, 1.82) is 0 Å². The molecule has 3 N–H and O–H groups in total. The monoisotopic (exact) mass is 241 g/mol. The predicted octanol–water partition coefficient (Wildman–Crippen LogP) is 1.34. The average molecular weight is 241 g/mol. The zero-order chi connectivity index (χ0) is 12.6. The highest BCUT2D eigenvalue weighted by molar-refractivity contribution is 6.02. The fourth-order valence-electron chi connectivity index (χ4n) is 1.83. The number of benzene rings is 1. The van der Waals surface area contributed by atoms with Crippen molar-refractivity contribution in [3.8, 4) is 0 Å². The quantitative estimate of drug-likeness (QED) is 0.839. The fourth-order valence-corrected chi connectivity index (χ4v) is 1.83. The normalized spacial score (nSPS) is 18.2. The third-order valence-corrected chi connectivity index (χ3v) is 2.76. The van der Waals surface area contributed by atoms with Crippen molar-refractivity contribution in [2.45, 2.75) is 12.5 Å².